The topological polar surface area (TPSA) is 93.4 Å². The van der Waals surface area contributed by atoms with Crippen LogP contribution in [0.1, 0.15) is 53.1 Å². The quantitative estimate of drug-likeness (QED) is 0.870. The van der Waals surface area contributed by atoms with Gasteiger partial charge in [-0.1, -0.05) is 0 Å². The largest absolute Gasteiger partial charge is 0.489 e. The smallest absolute Gasteiger partial charge is 0.335 e. The minimum absolute atomic E-state index is 0.0865. The summed E-state index contributed by atoms with van der Waals surface area (Å²) in [4.78, 5) is 23.9. The van der Waals surface area contributed by atoms with Crippen LogP contribution < -0.4 is 10.1 Å². The lowest BCUT2D eigenvalue weighted by molar-refractivity contribution is 0.0696. The molecule has 0 bridgehead atoms. The molecule has 1 aliphatic rings. The van der Waals surface area contributed by atoms with Crippen LogP contribution >= 0.6 is 0 Å². The number of carbonyl (C=O) groups excluding carboxylic acids is 1. The number of rotatable bonds is 5. The minimum atomic E-state index is -1.06. The maximum Gasteiger partial charge on any atom is 0.335 e. The number of benzene rings is 1. The van der Waals surface area contributed by atoms with Gasteiger partial charge in [0.15, 0.2) is 0 Å². The highest BCUT2D eigenvalue weighted by atomic mass is 16.5. The molecule has 0 saturated heterocycles. The number of carboxylic acid groups (broad SMARTS) is 1. The number of aryl methyl sites for hydroxylation is 1. The number of amides is 1. The third-order valence-electron chi connectivity index (χ3n) is 4.06. The first-order valence-electron chi connectivity index (χ1n) is 8.35. The van der Waals surface area contributed by atoms with Gasteiger partial charge in [-0.15, -0.1) is 0 Å². The van der Waals surface area contributed by atoms with Crippen molar-refractivity contribution in [2.75, 3.05) is 5.32 Å². The van der Waals surface area contributed by atoms with Gasteiger partial charge in [0.2, 0.25) is 0 Å². The van der Waals surface area contributed by atoms with Gasteiger partial charge in [-0.25, -0.2) is 4.79 Å². The van der Waals surface area contributed by atoms with Crippen LogP contribution in [0.25, 0.3) is 0 Å². The molecular formula is C18H21N3O4. The van der Waals surface area contributed by atoms with Crippen molar-refractivity contribution in [1.82, 2.24) is 9.78 Å². The maximum absolute atomic E-state index is 12.7. The van der Waals surface area contributed by atoms with E-state index in [1.54, 1.807) is 12.3 Å². The Morgan fingerprint density at radius 3 is 2.84 bits per heavy atom. The Kier molecular flexibility index (Phi) is 4.74. The summed E-state index contributed by atoms with van der Waals surface area (Å²) in [5.41, 5.74) is 1.87. The summed E-state index contributed by atoms with van der Waals surface area (Å²) in [6, 6.07) is 4.43. The molecule has 3 rings (SSSR count). The highest BCUT2D eigenvalue weighted by molar-refractivity contribution is 6.06. The molecule has 2 aromatic rings. The molecule has 0 saturated carbocycles. The van der Waals surface area contributed by atoms with Gasteiger partial charge >= 0.3 is 5.97 Å². The van der Waals surface area contributed by atoms with Crippen LogP contribution in [0.5, 0.6) is 5.75 Å². The molecule has 0 unspecified atom stereocenters. The molecule has 7 nitrogen and oxygen atoms in total. The van der Waals surface area contributed by atoms with Gasteiger partial charge in [-0.3, -0.25) is 9.48 Å². The first kappa shape index (κ1) is 17.0. The summed E-state index contributed by atoms with van der Waals surface area (Å²) in [6.07, 6.45) is 4.37. The first-order chi connectivity index (χ1) is 12.0. The van der Waals surface area contributed by atoms with Gasteiger partial charge in [0, 0.05) is 6.54 Å². The molecule has 2 heterocycles. The number of ether oxygens (including phenoxy) is 1. The summed E-state index contributed by atoms with van der Waals surface area (Å²) in [7, 11) is 0. The molecule has 1 aliphatic heterocycles. The van der Waals surface area contributed by atoms with Gasteiger partial charge in [0.1, 0.15) is 5.75 Å². The Balaban J connectivity index is 1.90. The molecule has 1 amide bonds. The fourth-order valence-electron chi connectivity index (χ4n) is 2.92. The van der Waals surface area contributed by atoms with Crippen LogP contribution in [0.15, 0.2) is 24.4 Å². The van der Waals surface area contributed by atoms with E-state index in [9.17, 15) is 14.7 Å². The molecule has 0 aliphatic carbocycles. The van der Waals surface area contributed by atoms with E-state index < -0.39 is 5.97 Å². The van der Waals surface area contributed by atoms with Crippen LogP contribution in [-0.2, 0) is 13.0 Å². The monoisotopic (exact) mass is 343 g/mol. The molecule has 2 N–H and O–H groups in total. The normalized spacial score (nSPS) is 13.4. The van der Waals surface area contributed by atoms with Crippen molar-refractivity contribution in [3.05, 3.63) is 41.2 Å². The maximum atomic E-state index is 12.7. The Labute approximate surface area is 145 Å². The Morgan fingerprint density at radius 2 is 2.12 bits per heavy atom. The van der Waals surface area contributed by atoms with Crippen molar-refractivity contribution >= 4 is 17.6 Å². The van der Waals surface area contributed by atoms with Crippen molar-refractivity contribution in [3.63, 3.8) is 0 Å². The fraction of sp³-hybridized carbons (Fsp3) is 0.389. The molecule has 25 heavy (non-hydrogen) atoms. The zero-order chi connectivity index (χ0) is 18.0. The van der Waals surface area contributed by atoms with E-state index in [4.69, 9.17) is 4.74 Å². The summed E-state index contributed by atoms with van der Waals surface area (Å²) >= 11 is 0. The van der Waals surface area contributed by atoms with Crippen LogP contribution in [-0.4, -0.2) is 32.9 Å². The predicted octanol–water partition coefficient (Wildman–Crippen LogP) is 2.96. The molecule has 1 aromatic heterocycles. The minimum Gasteiger partial charge on any atom is -0.489 e. The Hall–Kier alpha value is -2.83. The Bertz CT molecular complexity index is 811. The third kappa shape index (κ3) is 3.65. The van der Waals surface area contributed by atoms with Crippen LogP contribution in [0.2, 0.25) is 0 Å². The van der Waals surface area contributed by atoms with Crippen molar-refractivity contribution in [2.24, 2.45) is 0 Å². The first-order valence-corrected chi connectivity index (χ1v) is 8.35. The number of carbonyl (C=O) groups is 2. The molecule has 0 atom stereocenters. The van der Waals surface area contributed by atoms with E-state index in [0.717, 1.165) is 31.5 Å². The molecule has 0 fully saturated rings. The number of aromatic nitrogens is 2. The van der Waals surface area contributed by atoms with Gasteiger partial charge in [0.25, 0.3) is 5.91 Å². The lowest BCUT2D eigenvalue weighted by atomic mass is 10.1. The van der Waals surface area contributed by atoms with Crippen molar-refractivity contribution in [2.45, 2.75) is 45.8 Å². The van der Waals surface area contributed by atoms with E-state index in [1.165, 1.54) is 12.1 Å². The SMILES string of the molecule is CC(C)Oc1ccc(C(=O)O)cc1NC(=O)c1cnn2c1CCCC2. The van der Waals surface area contributed by atoms with E-state index in [2.05, 4.69) is 10.4 Å². The second kappa shape index (κ2) is 6.96. The Morgan fingerprint density at radius 1 is 1.32 bits per heavy atom. The second-order valence-electron chi connectivity index (χ2n) is 6.32. The zero-order valence-electron chi connectivity index (χ0n) is 14.3. The van der Waals surface area contributed by atoms with Gasteiger partial charge in [-0.05, 0) is 51.3 Å². The zero-order valence-corrected chi connectivity index (χ0v) is 14.3. The standard InChI is InChI=1S/C18H21N3O4/c1-11(2)25-16-7-6-12(18(23)24)9-14(16)20-17(22)13-10-19-21-8-4-3-5-15(13)21/h6-7,9-11H,3-5,8H2,1-2H3,(H,20,22)(H,23,24). The molecule has 0 spiro atoms. The number of nitrogens with one attached hydrogen (secondary N) is 1. The van der Waals surface area contributed by atoms with Gasteiger partial charge in [-0.2, -0.15) is 5.10 Å². The summed E-state index contributed by atoms with van der Waals surface area (Å²) in [5.74, 6) is -0.928. The lowest BCUT2D eigenvalue weighted by Gasteiger charge is -2.17. The number of carboxylic acids is 1. The van der Waals surface area contributed by atoms with Crippen LogP contribution in [0, 0.1) is 0 Å². The summed E-state index contributed by atoms with van der Waals surface area (Å²) in [5, 5.41) is 16.2. The highest BCUT2D eigenvalue weighted by Gasteiger charge is 2.21. The molecule has 1 aromatic carbocycles. The van der Waals surface area contributed by atoms with Crippen molar-refractivity contribution < 1.29 is 19.4 Å². The van der Waals surface area contributed by atoms with Gasteiger partial charge < -0.3 is 15.2 Å². The van der Waals surface area contributed by atoms with Crippen LogP contribution in [0.3, 0.4) is 0 Å². The third-order valence-corrected chi connectivity index (χ3v) is 4.06. The number of nitrogens with zero attached hydrogens (tertiary/aromatic N) is 2. The average molecular weight is 343 g/mol. The van der Waals surface area contributed by atoms with E-state index in [0.29, 0.717) is 17.0 Å². The second-order valence-corrected chi connectivity index (χ2v) is 6.32. The van der Waals surface area contributed by atoms with Crippen molar-refractivity contribution in [1.29, 1.82) is 0 Å². The highest BCUT2D eigenvalue weighted by Crippen LogP contribution is 2.28. The molecule has 132 valence electrons. The van der Waals surface area contributed by atoms with E-state index in [-0.39, 0.29) is 17.6 Å². The summed E-state index contributed by atoms with van der Waals surface area (Å²) < 4.78 is 7.54. The number of hydrogen-bond donors (Lipinski definition) is 2. The van der Waals surface area contributed by atoms with E-state index >= 15 is 0 Å². The van der Waals surface area contributed by atoms with Gasteiger partial charge in [0.05, 0.1) is 34.8 Å². The summed E-state index contributed by atoms with van der Waals surface area (Å²) in [6.45, 7) is 4.55. The number of aromatic carboxylic acids is 1. The fourth-order valence-corrected chi connectivity index (χ4v) is 2.92. The van der Waals surface area contributed by atoms with E-state index in [1.807, 2.05) is 18.5 Å². The number of hydrogen-bond acceptors (Lipinski definition) is 4. The predicted molar refractivity (Wildman–Crippen MR) is 92.3 cm³/mol. The number of anilines is 1. The molecule has 7 heteroatoms. The lowest BCUT2D eigenvalue weighted by Crippen LogP contribution is -2.18. The number of fused-ring (bicyclic) bond motifs is 1. The van der Waals surface area contributed by atoms with Crippen molar-refractivity contribution in [3.8, 4) is 5.75 Å². The average Bonchev–Trinajstić information content (AvgIpc) is 3.00. The molecular weight excluding hydrogens is 322 g/mol. The van der Waals surface area contributed by atoms with Crippen LogP contribution in [0.4, 0.5) is 5.69 Å². The molecule has 0 radical (unpaired) electrons.